The van der Waals surface area contributed by atoms with Gasteiger partial charge in [-0.2, -0.15) is 0 Å². The van der Waals surface area contributed by atoms with E-state index in [0.29, 0.717) is 0 Å². The van der Waals surface area contributed by atoms with Crippen molar-refractivity contribution in [2.75, 3.05) is 0 Å². The molecular formula is C41H28N2O. The van der Waals surface area contributed by atoms with Crippen molar-refractivity contribution < 1.29 is 4.42 Å². The summed E-state index contributed by atoms with van der Waals surface area (Å²) in [5.74, 6) is 1.06. The van der Waals surface area contributed by atoms with Crippen LogP contribution in [0.5, 0.6) is 0 Å². The van der Waals surface area contributed by atoms with Crippen LogP contribution in [0.4, 0.5) is 0 Å². The summed E-state index contributed by atoms with van der Waals surface area (Å²) in [5, 5.41) is 7.22. The van der Waals surface area contributed by atoms with Gasteiger partial charge in [0.15, 0.2) is 0 Å². The Morgan fingerprint density at radius 3 is 1.93 bits per heavy atom. The maximum atomic E-state index is 6.32. The standard InChI is InChI=1S/C41H28N2O/c1-2-38-42-34-21-8-9-22-35(34)43(38)27-14-11-13-26(25-27)39-28-15-3-5-17-30(28)40(31-18-6-4-16-29(31)39)33-20-12-24-37-41(33)32-19-7-10-23-36(32)44-37/h3-25H,2H2,1H3. The molecule has 0 aliphatic heterocycles. The van der Waals surface area contributed by atoms with Crippen molar-refractivity contribution in [1.29, 1.82) is 0 Å². The highest BCUT2D eigenvalue weighted by atomic mass is 16.3. The van der Waals surface area contributed by atoms with Gasteiger partial charge in [-0.25, -0.2) is 4.98 Å². The SMILES string of the molecule is CCc1nc2ccccc2n1-c1cccc(-c2c3ccccc3c(-c3cccc4oc5ccccc5c34)c3ccccc23)c1. The number of aromatic nitrogens is 2. The van der Waals surface area contributed by atoms with E-state index >= 15 is 0 Å². The van der Waals surface area contributed by atoms with E-state index in [9.17, 15) is 0 Å². The molecule has 2 aromatic heterocycles. The first-order chi connectivity index (χ1) is 21.8. The Balaban J connectivity index is 1.37. The molecule has 0 bridgehead atoms. The lowest BCUT2D eigenvalue weighted by molar-refractivity contribution is 0.669. The average Bonchev–Trinajstić information content (AvgIpc) is 3.66. The number of benzene rings is 7. The van der Waals surface area contributed by atoms with Gasteiger partial charge in [-0.1, -0.05) is 110 Å². The first-order valence-electron chi connectivity index (χ1n) is 15.2. The molecule has 9 rings (SSSR count). The first kappa shape index (κ1) is 24.9. The molecule has 0 saturated carbocycles. The molecular weight excluding hydrogens is 536 g/mol. The molecule has 0 spiro atoms. The molecule has 0 radical (unpaired) electrons. The fraction of sp³-hybridized carbons (Fsp3) is 0.0488. The molecule has 208 valence electrons. The number of hydrogen-bond donors (Lipinski definition) is 0. The Morgan fingerprint density at radius 1 is 0.568 bits per heavy atom. The molecule has 44 heavy (non-hydrogen) atoms. The molecule has 0 aliphatic rings. The zero-order valence-corrected chi connectivity index (χ0v) is 24.3. The highest BCUT2D eigenvalue weighted by Crippen LogP contribution is 2.47. The monoisotopic (exact) mass is 564 g/mol. The van der Waals surface area contributed by atoms with E-state index in [-0.39, 0.29) is 0 Å². The fourth-order valence-corrected chi connectivity index (χ4v) is 7.11. The van der Waals surface area contributed by atoms with Crippen LogP contribution in [0.2, 0.25) is 0 Å². The highest BCUT2D eigenvalue weighted by Gasteiger charge is 2.20. The Hall–Kier alpha value is -5.67. The van der Waals surface area contributed by atoms with E-state index < -0.39 is 0 Å². The Bertz CT molecular complexity index is 2490. The van der Waals surface area contributed by atoms with E-state index in [2.05, 4.69) is 145 Å². The molecule has 3 heteroatoms. The predicted octanol–water partition coefficient (Wildman–Crippen LogP) is 11.1. The van der Waals surface area contributed by atoms with Crippen LogP contribution >= 0.6 is 0 Å². The first-order valence-corrected chi connectivity index (χ1v) is 15.2. The summed E-state index contributed by atoms with van der Waals surface area (Å²) >= 11 is 0. The third-order valence-corrected chi connectivity index (χ3v) is 8.94. The number of imidazole rings is 1. The molecule has 0 saturated heterocycles. The van der Waals surface area contributed by atoms with Crippen LogP contribution in [0, 0.1) is 0 Å². The molecule has 0 N–H and O–H groups in total. The number of fused-ring (bicyclic) bond motifs is 6. The quantitative estimate of drug-likeness (QED) is 0.199. The van der Waals surface area contributed by atoms with Crippen molar-refractivity contribution in [3.63, 3.8) is 0 Å². The number of furan rings is 1. The van der Waals surface area contributed by atoms with Crippen LogP contribution in [0.25, 0.3) is 82.5 Å². The molecule has 7 aromatic carbocycles. The van der Waals surface area contributed by atoms with Gasteiger partial charge in [-0.3, -0.25) is 4.57 Å². The second-order valence-corrected chi connectivity index (χ2v) is 11.4. The lowest BCUT2D eigenvalue weighted by atomic mass is 9.85. The third kappa shape index (κ3) is 3.59. The maximum Gasteiger partial charge on any atom is 0.136 e. The van der Waals surface area contributed by atoms with Crippen molar-refractivity contribution >= 4 is 54.5 Å². The molecule has 0 atom stereocenters. The molecule has 3 nitrogen and oxygen atoms in total. The second-order valence-electron chi connectivity index (χ2n) is 11.4. The van der Waals surface area contributed by atoms with E-state index in [1.807, 2.05) is 6.07 Å². The lowest BCUT2D eigenvalue weighted by Crippen LogP contribution is -2.00. The van der Waals surface area contributed by atoms with Crippen molar-refractivity contribution in [2.24, 2.45) is 0 Å². The Labute approximate surface area is 254 Å². The smallest absolute Gasteiger partial charge is 0.136 e. The summed E-state index contributed by atoms with van der Waals surface area (Å²) in [6.07, 6.45) is 0.855. The van der Waals surface area contributed by atoms with Crippen molar-refractivity contribution in [2.45, 2.75) is 13.3 Å². The molecule has 0 amide bonds. The van der Waals surface area contributed by atoms with Crippen molar-refractivity contribution in [3.05, 3.63) is 145 Å². The Kier molecular flexibility index (Phi) is 5.48. The zero-order valence-electron chi connectivity index (χ0n) is 24.3. The van der Waals surface area contributed by atoms with Gasteiger partial charge in [0, 0.05) is 22.9 Å². The minimum atomic E-state index is 0.855. The normalized spacial score (nSPS) is 11.8. The molecule has 2 heterocycles. The minimum absolute atomic E-state index is 0.855. The third-order valence-electron chi connectivity index (χ3n) is 8.94. The van der Waals surface area contributed by atoms with E-state index in [4.69, 9.17) is 9.40 Å². The molecule has 0 fully saturated rings. The van der Waals surface area contributed by atoms with Crippen LogP contribution in [0.3, 0.4) is 0 Å². The number of nitrogens with zero attached hydrogens (tertiary/aromatic N) is 2. The summed E-state index contributed by atoms with van der Waals surface area (Å²) in [5.41, 5.74) is 9.97. The maximum absolute atomic E-state index is 6.32. The summed E-state index contributed by atoms with van der Waals surface area (Å²) in [7, 11) is 0. The second kappa shape index (κ2) is 9.68. The molecule has 0 aliphatic carbocycles. The number of para-hydroxylation sites is 3. The van der Waals surface area contributed by atoms with E-state index in [1.54, 1.807) is 0 Å². The van der Waals surface area contributed by atoms with Gasteiger partial charge in [0.25, 0.3) is 0 Å². The van der Waals surface area contributed by atoms with Gasteiger partial charge in [0.1, 0.15) is 17.0 Å². The molecule has 9 aromatic rings. The van der Waals surface area contributed by atoms with Gasteiger partial charge in [0.05, 0.1) is 11.0 Å². The van der Waals surface area contributed by atoms with Gasteiger partial charge >= 0.3 is 0 Å². The van der Waals surface area contributed by atoms with Crippen LogP contribution < -0.4 is 0 Å². The van der Waals surface area contributed by atoms with Crippen LogP contribution in [-0.4, -0.2) is 9.55 Å². The number of rotatable bonds is 4. The fourth-order valence-electron chi connectivity index (χ4n) is 7.11. The lowest BCUT2D eigenvalue weighted by Gasteiger charge is -2.19. The summed E-state index contributed by atoms with van der Waals surface area (Å²) in [4.78, 5) is 4.95. The van der Waals surface area contributed by atoms with E-state index in [0.717, 1.165) is 50.9 Å². The van der Waals surface area contributed by atoms with Crippen LogP contribution in [0.1, 0.15) is 12.7 Å². The summed E-state index contributed by atoms with van der Waals surface area (Å²) < 4.78 is 8.63. The summed E-state index contributed by atoms with van der Waals surface area (Å²) in [6, 6.07) is 49.8. The highest BCUT2D eigenvalue weighted by molar-refractivity contribution is 6.25. The van der Waals surface area contributed by atoms with Crippen molar-refractivity contribution in [1.82, 2.24) is 9.55 Å². The largest absolute Gasteiger partial charge is 0.456 e. The Morgan fingerprint density at radius 2 is 1.18 bits per heavy atom. The predicted molar refractivity (Wildman–Crippen MR) is 184 cm³/mol. The van der Waals surface area contributed by atoms with Crippen LogP contribution in [0.15, 0.2) is 144 Å². The zero-order chi connectivity index (χ0) is 29.2. The number of aryl methyl sites for hydroxylation is 1. The van der Waals surface area contributed by atoms with Crippen LogP contribution in [-0.2, 0) is 6.42 Å². The number of hydrogen-bond acceptors (Lipinski definition) is 2. The average molecular weight is 565 g/mol. The topological polar surface area (TPSA) is 31.0 Å². The summed E-state index contributed by atoms with van der Waals surface area (Å²) in [6.45, 7) is 2.17. The minimum Gasteiger partial charge on any atom is -0.456 e. The van der Waals surface area contributed by atoms with Gasteiger partial charge < -0.3 is 4.42 Å². The van der Waals surface area contributed by atoms with E-state index in [1.165, 1.54) is 43.8 Å². The van der Waals surface area contributed by atoms with Gasteiger partial charge in [-0.15, -0.1) is 0 Å². The van der Waals surface area contributed by atoms with Gasteiger partial charge in [0.2, 0.25) is 0 Å². The molecule has 0 unspecified atom stereocenters. The van der Waals surface area contributed by atoms with Gasteiger partial charge in [-0.05, 0) is 80.2 Å². The van der Waals surface area contributed by atoms with Crippen molar-refractivity contribution in [3.8, 4) is 27.9 Å².